The highest BCUT2D eigenvalue weighted by molar-refractivity contribution is 5.96. The summed E-state index contributed by atoms with van der Waals surface area (Å²) in [5.41, 5.74) is 6.67. The second-order valence-corrected chi connectivity index (χ2v) is 6.11. The SMILES string of the molecule is NCC1CCC(C(=O)N2CCCOc3ccccc32)CC1. The number of fused-ring (bicyclic) bond motifs is 1. The van der Waals surface area contributed by atoms with Crippen molar-refractivity contribution in [1.82, 2.24) is 0 Å². The fraction of sp³-hybridized carbons (Fsp3) is 0.588. The molecule has 0 saturated heterocycles. The summed E-state index contributed by atoms with van der Waals surface area (Å²) in [6, 6.07) is 7.87. The van der Waals surface area contributed by atoms with E-state index >= 15 is 0 Å². The first-order chi connectivity index (χ1) is 10.3. The van der Waals surface area contributed by atoms with Crippen LogP contribution in [0.2, 0.25) is 0 Å². The predicted octanol–water partition coefficient (Wildman–Crippen LogP) is 2.57. The smallest absolute Gasteiger partial charge is 0.230 e. The van der Waals surface area contributed by atoms with E-state index in [4.69, 9.17) is 10.5 Å². The molecule has 1 aromatic rings. The first kappa shape index (κ1) is 14.4. The van der Waals surface area contributed by atoms with Crippen molar-refractivity contribution in [3.05, 3.63) is 24.3 Å². The van der Waals surface area contributed by atoms with Crippen molar-refractivity contribution in [1.29, 1.82) is 0 Å². The minimum absolute atomic E-state index is 0.152. The van der Waals surface area contributed by atoms with Crippen LogP contribution in [0.25, 0.3) is 0 Å². The summed E-state index contributed by atoms with van der Waals surface area (Å²) in [5, 5.41) is 0. The normalized spacial score (nSPS) is 25.7. The number of amides is 1. The van der Waals surface area contributed by atoms with E-state index in [1.165, 1.54) is 0 Å². The summed E-state index contributed by atoms with van der Waals surface area (Å²) in [7, 11) is 0. The van der Waals surface area contributed by atoms with E-state index in [9.17, 15) is 4.79 Å². The van der Waals surface area contributed by atoms with Crippen molar-refractivity contribution >= 4 is 11.6 Å². The molecule has 0 unspecified atom stereocenters. The maximum absolute atomic E-state index is 12.9. The number of carbonyl (C=O) groups excluding carboxylic acids is 1. The van der Waals surface area contributed by atoms with Crippen molar-refractivity contribution in [3.63, 3.8) is 0 Å². The van der Waals surface area contributed by atoms with Crippen molar-refractivity contribution in [2.75, 3.05) is 24.6 Å². The quantitative estimate of drug-likeness (QED) is 0.910. The number of benzene rings is 1. The molecule has 0 aromatic heterocycles. The van der Waals surface area contributed by atoms with E-state index in [1.54, 1.807) is 0 Å². The van der Waals surface area contributed by atoms with Gasteiger partial charge in [0, 0.05) is 12.5 Å². The second-order valence-electron chi connectivity index (χ2n) is 6.11. The van der Waals surface area contributed by atoms with Gasteiger partial charge in [0.05, 0.1) is 12.3 Å². The zero-order chi connectivity index (χ0) is 14.7. The molecule has 1 saturated carbocycles. The molecular formula is C17H24N2O2. The van der Waals surface area contributed by atoms with Crippen LogP contribution in [0.15, 0.2) is 24.3 Å². The molecule has 4 heteroatoms. The van der Waals surface area contributed by atoms with Gasteiger partial charge in [-0.2, -0.15) is 0 Å². The zero-order valence-electron chi connectivity index (χ0n) is 12.5. The van der Waals surface area contributed by atoms with Crippen LogP contribution >= 0.6 is 0 Å². The maximum Gasteiger partial charge on any atom is 0.230 e. The molecule has 0 atom stereocenters. The van der Waals surface area contributed by atoms with Gasteiger partial charge in [0.1, 0.15) is 5.75 Å². The van der Waals surface area contributed by atoms with Crippen LogP contribution in [0.1, 0.15) is 32.1 Å². The van der Waals surface area contributed by atoms with Crippen molar-refractivity contribution in [2.45, 2.75) is 32.1 Å². The fourth-order valence-corrected chi connectivity index (χ4v) is 3.42. The van der Waals surface area contributed by atoms with E-state index in [-0.39, 0.29) is 11.8 Å². The number of nitrogens with two attached hydrogens (primary N) is 1. The molecule has 1 amide bonds. The van der Waals surface area contributed by atoms with Gasteiger partial charge in [-0.25, -0.2) is 0 Å². The largest absolute Gasteiger partial charge is 0.491 e. The number of carbonyl (C=O) groups is 1. The fourth-order valence-electron chi connectivity index (χ4n) is 3.42. The molecule has 1 heterocycles. The van der Waals surface area contributed by atoms with Crippen LogP contribution in [0.5, 0.6) is 5.75 Å². The number of anilines is 1. The number of ether oxygens (including phenoxy) is 1. The number of rotatable bonds is 2. The third kappa shape index (κ3) is 3.05. The third-order valence-corrected chi connectivity index (χ3v) is 4.74. The first-order valence-corrected chi connectivity index (χ1v) is 8.03. The van der Waals surface area contributed by atoms with Gasteiger partial charge in [0.2, 0.25) is 5.91 Å². The Bertz CT molecular complexity index is 495. The monoisotopic (exact) mass is 288 g/mol. The van der Waals surface area contributed by atoms with E-state index in [0.29, 0.717) is 12.5 Å². The lowest BCUT2D eigenvalue weighted by Gasteiger charge is -2.31. The Morgan fingerprint density at radius 3 is 2.76 bits per heavy atom. The molecule has 1 aliphatic heterocycles. The summed E-state index contributed by atoms with van der Waals surface area (Å²) in [4.78, 5) is 14.8. The van der Waals surface area contributed by atoms with E-state index in [2.05, 4.69) is 0 Å². The highest BCUT2D eigenvalue weighted by Crippen LogP contribution is 2.35. The molecule has 0 bridgehead atoms. The number of para-hydroxylation sites is 2. The van der Waals surface area contributed by atoms with E-state index in [0.717, 1.165) is 56.6 Å². The summed E-state index contributed by atoms with van der Waals surface area (Å²) in [6.07, 6.45) is 5.00. The average Bonchev–Trinajstić information content (AvgIpc) is 2.77. The summed E-state index contributed by atoms with van der Waals surface area (Å²) < 4.78 is 5.74. The van der Waals surface area contributed by atoms with Crippen LogP contribution in [0.3, 0.4) is 0 Å². The van der Waals surface area contributed by atoms with Crippen LogP contribution in [0, 0.1) is 11.8 Å². The minimum Gasteiger partial charge on any atom is -0.491 e. The Morgan fingerprint density at radius 1 is 1.24 bits per heavy atom. The zero-order valence-corrected chi connectivity index (χ0v) is 12.5. The lowest BCUT2D eigenvalue weighted by Crippen LogP contribution is -2.38. The van der Waals surface area contributed by atoms with Gasteiger partial charge in [-0.05, 0) is 56.7 Å². The van der Waals surface area contributed by atoms with Gasteiger partial charge in [0.15, 0.2) is 0 Å². The number of nitrogens with zero attached hydrogens (tertiary/aromatic N) is 1. The Morgan fingerprint density at radius 2 is 2.00 bits per heavy atom. The molecule has 2 N–H and O–H groups in total. The second kappa shape index (κ2) is 6.48. The minimum atomic E-state index is 0.152. The standard InChI is InChI=1S/C17H24N2O2/c18-12-13-6-8-14(9-7-13)17(20)19-10-3-11-21-16-5-2-1-4-15(16)19/h1-2,4-5,13-14H,3,6-12,18H2. The molecule has 21 heavy (non-hydrogen) atoms. The van der Waals surface area contributed by atoms with E-state index in [1.807, 2.05) is 29.2 Å². The Kier molecular flexibility index (Phi) is 4.44. The molecule has 1 fully saturated rings. The van der Waals surface area contributed by atoms with Crippen LogP contribution in [-0.4, -0.2) is 25.6 Å². The van der Waals surface area contributed by atoms with Gasteiger partial charge < -0.3 is 15.4 Å². The van der Waals surface area contributed by atoms with Crippen LogP contribution in [-0.2, 0) is 4.79 Å². The lowest BCUT2D eigenvalue weighted by molar-refractivity contribution is -0.123. The molecule has 3 rings (SSSR count). The van der Waals surface area contributed by atoms with Gasteiger partial charge in [0.25, 0.3) is 0 Å². The van der Waals surface area contributed by atoms with Gasteiger partial charge in [-0.3, -0.25) is 4.79 Å². The average molecular weight is 288 g/mol. The molecule has 4 nitrogen and oxygen atoms in total. The predicted molar refractivity (Wildman–Crippen MR) is 83.4 cm³/mol. The summed E-state index contributed by atoms with van der Waals surface area (Å²) >= 11 is 0. The van der Waals surface area contributed by atoms with Gasteiger partial charge in [-0.15, -0.1) is 0 Å². The van der Waals surface area contributed by atoms with Crippen molar-refractivity contribution in [2.24, 2.45) is 17.6 Å². The lowest BCUT2D eigenvalue weighted by atomic mass is 9.81. The first-order valence-electron chi connectivity index (χ1n) is 8.03. The highest BCUT2D eigenvalue weighted by Gasteiger charge is 2.31. The molecular weight excluding hydrogens is 264 g/mol. The topological polar surface area (TPSA) is 55.6 Å². The molecule has 1 aromatic carbocycles. The molecule has 114 valence electrons. The van der Waals surface area contributed by atoms with Crippen molar-refractivity contribution in [3.8, 4) is 5.75 Å². The summed E-state index contributed by atoms with van der Waals surface area (Å²) in [6.45, 7) is 2.19. The molecule has 0 spiro atoms. The molecule has 1 aliphatic carbocycles. The third-order valence-electron chi connectivity index (χ3n) is 4.74. The van der Waals surface area contributed by atoms with Gasteiger partial charge in [-0.1, -0.05) is 12.1 Å². The number of hydrogen-bond acceptors (Lipinski definition) is 3. The number of hydrogen-bond donors (Lipinski definition) is 1. The van der Waals surface area contributed by atoms with E-state index < -0.39 is 0 Å². The highest BCUT2D eigenvalue weighted by atomic mass is 16.5. The van der Waals surface area contributed by atoms with Gasteiger partial charge >= 0.3 is 0 Å². The Balaban J connectivity index is 1.75. The van der Waals surface area contributed by atoms with Crippen LogP contribution < -0.4 is 15.4 Å². The Hall–Kier alpha value is -1.55. The molecule has 2 aliphatic rings. The molecule has 0 radical (unpaired) electrons. The van der Waals surface area contributed by atoms with Crippen molar-refractivity contribution < 1.29 is 9.53 Å². The Labute approximate surface area is 126 Å². The van der Waals surface area contributed by atoms with Crippen LogP contribution in [0.4, 0.5) is 5.69 Å². The summed E-state index contributed by atoms with van der Waals surface area (Å²) in [5.74, 6) is 1.86. The maximum atomic E-state index is 12.9.